The van der Waals surface area contributed by atoms with E-state index in [0.717, 1.165) is 29.3 Å². The Balaban J connectivity index is 2.07. The average Bonchev–Trinajstić information content (AvgIpc) is 2.16. The molecular formula is C12H14BrNO2. The first-order valence-electron chi connectivity index (χ1n) is 5.34. The minimum absolute atomic E-state index is 0.168. The predicted octanol–water partition coefficient (Wildman–Crippen LogP) is 2.52. The third-order valence-corrected chi connectivity index (χ3v) is 3.62. The van der Waals surface area contributed by atoms with E-state index in [-0.39, 0.29) is 5.78 Å². The summed E-state index contributed by atoms with van der Waals surface area (Å²) in [4.78, 5) is 16.1. The van der Waals surface area contributed by atoms with Crippen molar-refractivity contribution in [2.24, 2.45) is 0 Å². The first-order valence-corrected chi connectivity index (χ1v) is 6.13. The van der Waals surface area contributed by atoms with Crippen LogP contribution in [0.1, 0.15) is 24.8 Å². The van der Waals surface area contributed by atoms with E-state index in [1.54, 1.807) is 19.5 Å². The molecule has 0 bridgehead atoms. The molecule has 1 aromatic rings. The summed E-state index contributed by atoms with van der Waals surface area (Å²) in [5, 5.41) is 0. The standard InChI is InChI=1S/C12H14BrNO2/c1-16-12(3-2-4-12)11(15)6-9-5-10(13)8-14-7-9/h5,7-8H,2-4,6H2,1H3. The second kappa shape index (κ2) is 4.63. The van der Waals surface area contributed by atoms with E-state index in [4.69, 9.17) is 4.74 Å². The fraction of sp³-hybridized carbons (Fsp3) is 0.500. The molecule has 86 valence electrons. The van der Waals surface area contributed by atoms with Crippen LogP contribution in [0.4, 0.5) is 0 Å². The fourth-order valence-electron chi connectivity index (χ4n) is 1.99. The molecule has 1 fully saturated rings. The number of ketones is 1. The number of aromatic nitrogens is 1. The van der Waals surface area contributed by atoms with Crippen LogP contribution in [0.5, 0.6) is 0 Å². The minimum atomic E-state index is -0.512. The van der Waals surface area contributed by atoms with Crippen LogP contribution < -0.4 is 0 Å². The van der Waals surface area contributed by atoms with Crippen molar-refractivity contribution >= 4 is 21.7 Å². The Kier molecular flexibility index (Phi) is 3.40. The Hall–Kier alpha value is -0.740. The molecule has 1 aliphatic rings. The van der Waals surface area contributed by atoms with Gasteiger partial charge < -0.3 is 4.74 Å². The molecule has 1 aromatic heterocycles. The maximum absolute atomic E-state index is 12.1. The number of carbonyl (C=O) groups is 1. The van der Waals surface area contributed by atoms with Gasteiger partial charge in [-0.1, -0.05) is 0 Å². The molecule has 0 N–H and O–H groups in total. The van der Waals surface area contributed by atoms with Crippen molar-refractivity contribution in [1.82, 2.24) is 4.98 Å². The van der Waals surface area contributed by atoms with Crippen LogP contribution in [-0.2, 0) is 16.0 Å². The van der Waals surface area contributed by atoms with Crippen molar-refractivity contribution in [2.75, 3.05) is 7.11 Å². The Morgan fingerprint density at radius 2 is 2.31 bits per heavy atom. The Bertz CT molecular complexity index is 396. The molecule has 1 saturated carbocycles. The van der Waals surface area contributed by atoms with Crippen LogP contribution in [0.15, 0.2) is 22.9 Å². The largest absolute Gasteiger partial charge is 0.370 e. The first-order chi connectivity index (χ1) is 7.66. The summed E-state index contributed by atoms with van der Waals surface area (Å²) in [7, 11) is 1.62. The topological polar surface area (TPSA) is 39.2 Å². The van der Waals surface area contributed by atoms with Gasteiger partial charge in [-0.05, 0) is 46.8 Å². The van der Waals surface area contributed by atoms with Gasteiger partial charge >= 0.3 is 0 Å². The summed E-state index contributed by atoms with van der Waals surface area (Å²) >= 11 is 3.35. The molecular weight excluding hydrogens is 270 g/mol. The molecule has 2 rings (SSSR count). The van der Waals surface area contributed by atoms with Crippen molar-refractivity contribution < 1.29 is 9.53 Å². The van der Waals surface area contributed by atoms with Crippen LogP contribution in [0.2, 0.25) is 0 Å². The van der Waals surface area contributed by atoms with Crippen molar-refractivity contribution in [1.29, 1.82) is 0 Å². The fourth-order valence-corrected chi connectivity index (χ4v) is 2.41. The van der Waals surface area contributed by atoms with Gasteiger partial charge in [-0.2, -0.15) is 0 Å². The van der Waals surface area contributed by atoms with Crippen LogP contribution in [0, 0.1) is 0 Å². The highest BCUT2D eigenvalue weighted by Crippen LogP contribution is 2.36. The van der Waals surface area contributed by atoms with Crippen LogP contribution in [-0.4, -0.2) is 23.5 Å². The third kappa shape index (κ3) is 2.18. The van der Waals surface area contributed by atoms with E-state index in [1.165, 1.54) is 0 Å². The molecule has 1 aliphatic carbocycles. The Morgan fingerprint density at radius 3 is 2.81 bits per heavy atom. The van der Waals surface area contributed by atoms with E-state index in [0.29, 0.717) is 6.42 Å². The summed E-state index contributed by atoms with van der Waals surface area (Å²) in [5.74, 6) is 0.168. The van der Waals surface area contributed by atoms with Gasteiger partial charge in [0.2, 0.25) is 0 Å². The molecule has 0 atom stereocenters. The predicted molar refractivity (Wildman–Crippen MR) is 64.2 cm³/mol. The molecule has 16 heavy (non-hydrogen) atoms. The molecule has 4 heteroatoms. The lowest BCUT2D eigenvalue weighted by molar-refractivity contribution is -0.151. The highest BCUT2D eigenvalue weighted by atomic mass is 79.9. The average molecular weight is 284 g/mol. The minimum Gasteiger partial charge on any atom is -0.370 e. The maximum atomic E-state index is 12.1. The SMILES string of the molecule is COC1(C(=O)Cc2cncc(Br)c2)CCC1. The van der Waals surface area contributed by atoms with E-state index < -0.39 is 5.60 Å². The molecule has 0 radical (unpaired) electrons. The van der Waals surface area contributed by atoms with Gasteiger partial charge in [0.15, 0.2) is 5.78 Å². The summed E-state index contributed by atoms with van der Waals surface area (Å²) < 4.78 is 6.26. The second-order valence-corrected chi connectivity index (χ2v) is 5.08. The van der Waals surface area contributed by atoms with Crippen molar-refractivity contribution in [3.8, 4) is 0 Å². The summed E-state index contributed by atoms with van der Waals surface area (Å²) in [6.45, 7) is 0. The van der Waals surface area contributed by atoms with Gasteiger partial charge in [0.25, 0.3) is 0 Å². The molecule has 0 spiro atoms. The smallest absolute Gasteiger partial charge is 0.169 e. The zero-order chi connectivity index (χ0) is 11.6. The first kappa shape index (κ1) is 11.7. The second-order valence-electron chi connectivity index (χ2n) is 4.16. The number of hydrogen-bond acceptors (Lipinski definition) is 3. The molecule has 1 heterocycles. The maximum Gasteiger partial charge on any atom is 0.169 e. The van der Waals surface area contributed by atoms with E-state index >= 15 is 0 Å². The van der Waals surface area contributed by atoms with Gasteiger partial charge in [-0.25, -0.2) is 0 Å². The number of pyridine rings is 1. The summed E-state index contributed by atoms with van der Waals surface area (Å²) in [6.07, 6.45) is 6.62. The normalized spacial score (nSPS) is 17.9. The third-order valence-electron chi connectivity index (χ3n) is 3.19. The molecule has 0 saturated heterocycles. The van der Waals surface area contributed by atoms with Crippen LogP contribution >= 0.6 is 15.9 Å². The van der Waals surface area contributed by atoms with Gasteiger partial charge in [-0.3, -0.25) is 9.78 Å². The van der Waals surface area contributed by atoms with Crippen LogP contribution in [0.25, 0.3) is 0 Å². The zero-order valence-electron chi connectivity index (χ0n) is 9.20. The molecule has 0 aliphatic heterocycles. The van der Waals surface area contributed by atoms with Crippen molar-refractivity contribution in [2.45, 2.75) is 31.3 Å². The molecule has 0 aromatic carbocycles. The number of Topliss-reactive ketones (excluding diaryl/α,β-unsaturated/α-hetero) is 1. The lowest BCUT2D eigenvalue weighted by Gasteiger charge is -2.38. The Labute approximate surface area is 103 Å². The zero-order valence-corrected chi connectivity index (χ0v) is 10.8. The van der Waals surface area contributed by atoms with E-state index in [2.05, 4.69) is 20.9 Å². The number of ether oxygens (including phenoxy) is 1. The summed E-state index contributed by atoms with van der Waals surface area (Å²) in [6, 6.07) is 1.92. The Morgan fingerprint density at radius 1 is 1.56 bits per heavy atom. The number of carbonyl (C=O) groups excluding carboxylic acids is 1. The monoisotopic (exact) mass is 283 g/mol. The van der Waals surface area contributed by atoms with Gasteiger partial charge in [0.1, 0.15) is 5.60 Å². The highest BCUT2D eigenvalue weighted by Gasteiger charge is 2.43. The lowest BCUT2D eigenvalue weighted by Crippen LogP contribution is -2.47. The number of rotatable bonds is 4. The number of methoxy groups -OCH3 is 1. The number of hydrogen-bond donors (Lipinski definition) is 0. The van der Waals surface area contributed by atoms with Gasteiger partial charge in [0, 0.05) is 30.4 Å². The molecule has 0 amide bonds. The number of nitrogens with zero attached hydrogens (tertiary/aromatic N) is 1. The van der Waals surface area contributed by atoms with Crippen molar-refractivity contribution in [3.05, 3.63) is 28.5 Å². The number of halogens is 1. The molecule has 0 unspecified atom stereocenters. The highest BCUT2D eigenvalue weighted by molar-refractivity contribution is 9.10. The lowest BCUT2D eigenvalue weighted by atomic mass is 9.75. The van der Waals surface area contributed by atoms with Gasteiger partial charge in [0.05, 0.1) is 0 Å². The van der Waals surface area contributed by atoms with E-state index in [1.807, 2.05) is 6.07 Å². The quantitative estimate of drug-likeness (QED) is 0.853. The van der Waals surface area contributed by atoms with Gasteiger partial charge in [-0.15, -0.1) is 0 Å². The molecule has 3 nitrogen and oxygen atoms in total. The van der Waals surface area contributed by atoms with E-state index in [9.17, 15) is 4.79 Å². The van der Waals surface area contributed by atoms with Crippen molar-refractivity contribution in [3.63, 3.8) is 0 Å². The summed E-state index contributed by atoms with van der Waals surface area (Å²) in [5.41, 5.74) is 0.421. The van der Waals surface area contributed by atoms with Crippen LogP contribution in [0.3, 0.4) is 0 Å².